The number of fused-ring (bicyclic) bond motifs is 1. The quantitative estimate of drug-likeness (QED) is 0.588. The van der Waals surface area contributed by atoms with Crippen molar-refractivity contribution in [2.24, 2.45) is 4.99 Å². The molecule has 2 aromatic rings. The predicted molar refractivity (Wildman–Crippen MR) is 145 cm³/mol. The van der Waals surface area contributed by atoms with Crippen molar-refractivity contribution >= 4 is 29.1 Å². The Morgan fingerprint density at radius 2 is 2.03 bits per heavy atom. The van der Waals surface area contributed by atoms with Crippen LogP contribution in [0.2, 0.25) is 0 Å². The van der Waals surface area contributed by atoms with Crippen molar-refractivity contribution in [3.05, 3.63) is 89.7 Å². The zero-order valence-electron chi connectivity index (χ0n) is 21.2. The Morgan fingerprint density at radius 1 is 1.24 bits per heavy atom. The molecule has 2 amide bonds. The van der Waals surface area contributed by atoms with Gasteiger partial charge in [0.15, 0.2) is 4.87 Å². The molecule has 0 radical (unpaired) electrons. The summed E-state index contributed by atoms with van der Waals surface area (Å²) in [4.78, 5) is 32.1. The lowest BCUT2D eigenvalue weighted by molar-refractivity contribution is -0.132. The van der Waals surface area contributed by atoms with Gasteiger partial charge in [-0.15, -0.1) is 0 Å². The normalized spacial score (nSPS) is 24.7. The van der Waals surface area contributed by atoms with Gasteiger partial charge >= 0.3 is 0 Å². The summed E-state index contributed by atoms with van der Waals surface area (Å²) in [6.07, 6.45) is 9.25. The molecule has 5 rings (SSSR count). The summed E-state index contributed by atoms with van der Waals surface area (Å²) in [7, 11) is 0. The van der Waals surface area contributed by atoms with Gasteiger partial charge in [-0.05, 0) is 51.0 Å². The van der Waals surface area contributed by atoms with E-state index in [4.69, 9.17) is 11.6 Å². The number of halogens is 1. The van der Waals surface area contributed by atoms with Crippen LogP contribution < -0.4 is 10.6 Å². The fourth-order valence-corrected chi connectivity index (χ4v) is 5.56. The molecule has 8 nitrogen and oxygen atoms in total. The molecule has 192 valence electrons. The van der Waals surface area contributed by atoms with Crippen molar-refractivity contribution in [1.29, 1.82) is 0 Å². The van der Waals surface area contributed by atoms with Crippen LogP contribution in [0.3, 0.4) is 0 Å². The van der Waals surface area contributed by atoms with E-state index in [-0.39, 0.29) is 29.8 Å². The summed E-state index contributed by atoms with van der Waals surface area (Å²) in [5.74, 6) is -0.479. The summed E-state index contributed by atoms with van der Waals surface area (Å²) >= 11 is 6.97. The smallest absolute Gasteiger partial charge is 0.269 e. The molecule has 1 aromatic carbocycles. The van der Waals surface area contributed by atoms with Gasteiger partial charge in [-0.25, -0.2) is 0 Å². The van der Waals surface area contributed by atoms with Crippen molar-refractivity contribution in [2.45, 2.75) is 50.1 Å². The van der Waals surface area contributed by atoms with Crippen molar-refractivity contribution in [1.82, 2.24) is 25.3 Å². The second-order valence-corrected chi connectivity index (χ2v) is 10.5. The molecule has 2 N–H and O–H groups in total. The van der Waals surface area contributed by atoms with Crippen LogP contribution in [0.4, 0.5) is 0 Å². The highest BCUT2D eigenvalue weighted by Gasteiger charge is 2.47. The van der Waals surface area contributed by atoms with Gasteiger partial charge in [0, 0.05) is 43.5 Å². The third-order valence-electron chi connectivity index (χ3n) is 7.04. The van der Waals surface area contributed by atoms with Gasteiger partial charge in [0.25, 0.3) is 11.8 Å². The van der Waals surface area contributed by atoms with E-state index in [2.05, 4.69) is 20.7 Å². The lowest BCUT2D eigenvalue weighted by atomic mass is 9.84. The van der Waals surface area contributed by atoms with E-state index in [1.807, 2.05) is 63.2 Å². The first-order chi connectivity index (χ1) is 17.8. The van der Waals surface area contributed by atoms with E-state index < -0.39 is 4.87 Å². The monoisotopic (exact) mass is 518 g/mol. The number of carbonyl (C=O) groups excluding carboxylic acids is 2. The van der Waals surface area contributed by atoms with Crippen LogP contribution in [0.25, 0.3) is 0 Å². The van der Waals surface area contributed by atoms with Gasteiger partial charge in [0.05, 0.1) is 17.1 Å². The molecule has 2 aliphatic heterocycles. The number of likely N-dealkylation sites (tertiary alicyclic amines) is 1. The Kier molecular flexibility index (Phi) is 6.77. The number of nitrogens with zero attached hydrogens (tertiary/aromatic N) is 4. The number of nitrogens with one attached hydrogen (secondary N) is 2. The lowest BCUT2D eigenvalue weighted by Crippen LogP contribution is -2.57. The maximum atomic E-state index is 13.9. The highest BCUT2D eigenvalue weighted by Crippen LogP contribution is 2.34. The first-order valence-electron chi connectivity index (χ1n) is 12.6. The van der Waals surface area contributed by atoms with Crippen molar-refractivity contribution in [2.75, 3.05) is 13.1 Å². The Hall–Kier alpha value is -3.65. The minimum absolute atomic E-state index is 0.0632. The maximum Gasteiger partial charge on any atom is 0.269 e. The van der Waals surface area contributed by atoms with E-state index in [0.717, 1.165) is 11.3 Å². The zero-order valence-corrected chi connectivity index (χ0v) is 21.9. The van der Waals surface area contributed by atoms with E-state index in [0.29, 0.717) is 36.6 Å². The molecule has 1 fully saturated rings. The van der Waals surface area contributed by atoms with Crippen LogP contribution in [0.15, 0.2) is 77.7 Å². The average Bonchev–Trinajstić information content (AvgIpc) is 3.31. The average molecular weight is 519 g/mol. The third kappa shape index (κ3) is 4.73. The Morgan fingerprint density at radius 3 is 2.78 bits per heavy atom. The van der Waals surface area contributed by atoms with E-state index in [1.165, 1.54) is 0 Å². The number of piperidine rings is 1. The van der Waals surface area contributed by atoms with Crippen molar-refractivity contribution < 1.29 is 9.59 Å². The first kappa shape index (κ1) is 25.0. The standard InChI is InChI=1S/C28H31ClN6O2/c1-18(2)35-24(16-19(3)33-35)26(36)32-22-11-15-34(17-21(22)20-8-5-4-6-9-20)27(37)28(29)12-7-10-23-25(28)31-14-13-30-23/h4-10,12-14,16,18,21-22,30H,11,15,17H2,1-3H3,(H,32,36)/t21-,22-,28?/m1/s1. The van der Waals surface area contributed by atoms with Gasteiger partial charge < -0.3 is 15.5 Å². The number of hydrogen-bond acceptors (Lipinski definition) is 5. The summed E-state index contributed by atoms with van der Waals surface area (Å²) in [5.41, 5.74) is 3.61. The largest absolute Gasteiger partial charge is 0.359 e. The fraction of sp³-hybridized carbons (Fsp3) is 0.357. The van der Waals surface area contributed by atoms with Crippen molar-refractivity contribution in [3.8, 4) is 0 Å². The van der Waals surface area contributed by atoms with Crippen LogP contribution in [0.5, 0.6) is 0 Å². The highest BCUT2D eigenvalue weighted by molar-refractivity contribution is 6.51. The number of allylic oxidation sites excluding steroid dienone is 3. The highest BCUT2D eigenvalue weighted by atomic mass is 35.5. The van der Waals surface area contributed by atoms with Gasteiger partial charge in [0.2, 0.25) is 0 Å². The van der Waals surface area contributed by atoms with Crippen molar-refractivity contribution in [3.63, 3.8) is 0 Å². The molecular formula is C28H31ClN6O2. The second kappa shape index (κ2) is 10.0. The number of carbonyl (C=O) groups is 2. The molecule has 1 unspecified atom stereocenters. The molecule has 3 atom stereocenters. The molecule has 3 heterocycles. The molecule has 0 bridgehead atoms. The Labute approximate surface area is 221 Å². The number of alkyl halides is 1. The summed E-state index contributed by atoms with van der Waals surface area (Å²) in [5, 5.41) is 10.9. The number of aliphatic imine (C=N–C) groups is 1. The van der Waals surface area contributed by atoms with Crippen LogP contribution in [-0.2, 0) is 4.79 Å². The molecule has 1 saturated heterocycles. The molecule has 1 aromatic heterocycles. The molecule has 1 aliphatic carbocycles. The minimum Gasteiger partial charge on any atom is -0.359 e. The summed E-state index contributed by atoms with van der Waals surface area (Å²) in [6, 6.07) is 11.7. The van der Waals surface area contributed by atoms with Crippen LogP contribution in [0.1, 0.15) is 54.0 Å². The van der Waals surface area contributed by atoms with Gasteiger partial charge in [-0.2, -0.15) is 5.10 Å². The first-order valence-corrected chi connectivity index (χ1v) is 13.0. The Bertz CT molecular complexity index is 1330. The maximum absolute atomic E-state index is 13.9. The third-order valence-corrected chi connectivity index (χ3v) is 7.51. The fourth-order valence-electron chi connectivity index (χ4n) is 5.22. The molecule has 37 heavy (non-hydrogen) atoms. The molecule has 9 heteroatoms. The predicted octanol–water partition coefficient (Wildman–Crippen LogP) is 3.83. The molecule has 0 spiro atoms. The number of amides is 2. The second-order valence-electron chi connectivity index (χ2n) is 9.94. The van der Waals surface area contributed by atoms with E-state index in [9.17, 15) is 9.59 Å². The number of aromatic nitrogens is 2. The summed E-state index contributed by atoms with van der Waals surface area (Å²) in [6.45, 7) is 6.78. The van der Waals surface area contributed by atoms with Gasteiger partial charge in [-0.1, -0.05) is 48.0 Å². The lowest BCUT2D eigenvalue weighted by Gasteiger charge is -2.42. The topological polar surface area (TPSA) is 91.6 Å². The van der Waals surface area contributed by atoms with E-state index in [1.54, 1.807) is 34.1 Å². The Balaban J connectivity index is 1.40. The van der Waals surface area contributed by atoms with Crippen LogP contribution in [-0.4, -0.2) is 56.2 Å². The van der Waals surface area contributed by atoms with E-state index >= 15 is 0 Å². The number of aryl methyl sites for hydroxylation is 1. The van der Waals surface area contributed by atoms with Crippen LogP contribution in [0, 0.1) is 6.92 Å². The molecule has 3 aliphatic rings. The number of benzene rings is 1. The van der Waals surface area contributed by atoms with Gasteiger partial charge in [-0.3, -0.25) is 19.3 Å². The summed E-state index contributed by atoms with van der Waals surface area (Å²) < 4.78 is 1.76. The zero-order chi connectivity index (χ0) is 26.2. The number of rotatable bonds is 5. The van der Waals surface area contributed by atoms with Gasteiger partial charge in [0.1, 0.15) is 5.69 Å². The number of hydrogen-bond donors (Lipinski definition) is 2. The molecule has 0 saturated carbocycles. The minimum atomic E-state index is -1.39. The van der Waals surface area contributed by atoms with Crippen LogP contribution >= 0.6 is 11.6 Å². The molecular weight excluding hydrogens is 488 g/mol. The SMILES string of the molecule is Cc1cc(C(=O)N[C@@H]2CCN(C(=O)C3(Cl)C=CC=C4NC=CN=C43)C[C@@H]2c2ccccc2)n(C(C)C)n1.